The maximum absolute atomic E-state index is 13.9. The van der Waals surface area contributed by atoms with Crippen molar-refractivity contribution in [1.29, 1.82) is 0 Å². The first-order chi connectivity index (χ1) is 22.8. The molecule has 2 aromatic carbocycles. The lowest BCUT2D eigenvalue weighted by Gasteiger charge is -2.26. The van der Waals surface area contributed by atoms with E-state index in [0.717, 1.165) is 41.8 Å². The molecule has 0 bridgehead atoms. The molecule has 0 radical (unpaired) electrons. The SMILES string of the molecule is CN(C)C(=O)c1cccc(S(=O)(=O)N2CCS[C@H]2C(=O)O[C@@H](Cc2c(Cl)c[nH+]cc2Cl)c2ccc(OC(F)F)c(OC3CCCC3)c2)c1. The van der Waals surface area contributed by atoms with Gasteiger partial charge in [0.05, 0.1) is 11.0 Å². The topological polar surface area (TPSA) is 117 Å². The maximum atomic E-state index is 13.9. The van der Waals surface area contributed by atoms with Gasteiger partial charge in [-0.25, -0.2) is 18.2 Å². The quantitative estimate of drug-likeness (QED) is 0.207. The molecule has 1 N–H and O–H groups in total. The summed E-state index contributed by atoms with van der Waals surface area (Å²) in [5.41, 5.74) is 0.980. The van der Waals surface area contributed by atoms with Gasteiger partial charge in [-0.1, -0.05) is 35.3 Å². The van der Waals surface area contributed by atoms with Crippen LogP contribution in [-0.2, 0) is 26.0 Å². The first-order valence-electron chi connectivity index (χ1n) is 15.1. The van der Waals surface area contributed by atoms with Crippen molar-refractivity contribution in [3.8, 4) is 11.5 Å². The van der Waals surface area contributed by atoms with E-state index in [9.17, 15) is 26.8 Å². The summed E-state index contributed by atoms with van der Waals surface area (Å²) in [6.07, 6.45) is 5.06. The van der Waals surface area contributed by atoms with Crippen molar-refractivity contribution in [2.24, 2.45) is 0 Å². The molecule has 2 fully saturated rings. The number of aromatic amines is 1. The van der Waals surface area contributed by atoms with Crippen molar-refractivity contribution in [2.75, 3.05) is 26.4 Å². The molecule has 1 saturated heterocycles. The largest absolute Gasteiger partial charge is 0.487 e. The summed E-state index contributed by atoms with van der Waals surface area (Å²) in [4.78, 5) is 30.4. The zero-order chi connectivity index (χ0) is 34.6. The Hall–Kier alpha value is -3.17. The fourth-order valence-electron chi connectivity index (χ4n) is 5.55. The van der Waals surface area contributed by atoms with Gasteiger partial charge >= 0.3 is 12.6 Å². The molecule has 1 amide bonds. The summed E-state index contributed by atoms with van der Waals surface area (Å²) in [6, 6.07) is 9.88. The van der Waals surface area contributed by atoms with Crippen LogP contribution in [-0.4, -0.2) is 74.0 Å². The third kappa shape index (κ3) is 8.33. The molecule has 0 unspecified atom stereocenters. The first kappa shape index (κ1) is 36.1. The second kappa shape index (κ2) is 15.6. The molecule has 1 aromatic heterocycles. The number of hydrogen-bond donors (Lipinski definition) is 0. The Balaban J connectivity index is 1.47. The van der Waals surface area contributed by atoms with Gasteiger partial charge in [0, 0.05) is 43.9 Å². The van der Waals surface area contributed by atoms with Gasteiger partial charge in [-0.3, -0.25) is 4.79 Å². The third-order valence-electron chi connectivity index (χ3n) is 7.94. The van der Waals surface area contributed by atoms with Gasteiger partial charge in [0.1, 0.15) is 16.1 Å². The Morgan fingerprint density at radius 2 is 1.77 bits per heavy atom. The smallest absolute Gasteiger partial charge is 0.387 e. The van der Waals surface area contributed by atoms with Gasteiger partial charge in [0.2, 0.25) is 10.0 Å². The number of amides is 1. The lowest BCUT2D eigenvalue weighted by molar-refractivity contribution is -0.377. The number of benzene rings is 2. The van der Waals surface area contributed by atoms with Crippen LogP contribution in [0.25, 0.3) is 0 Å². The molecule has 1 saturated carbocycles. The monoisotopic (exact) mass is 744 g/mol. The highest BCUT2D eigenvalue weighted by atomic mass is 35.5. The number of carbonyl (C=O) groups is 2. The minimum absolute atomic E-state index is 0.0223. The molecule has 2 heterocycles. The highest BCUT2D eigenvalue weighted by Gasteiger charge is 2.42. The predicted octanol–water partition coefficient (Wildman–Crippen LogP) is 6.02. The number of aromatic nitrogens is 1. The average Bonchev–Trinajstić information content (AvgIpc) is 3.76. The predicted molar refractivity (Wildman–Crippen MR) is 176 cm³/mol. The zero-order valence-electron chi connectivity index (χ0n) is 26.0. The summed E-state index contributed by atoms with van der Waals surface area (Å²) in [5, 5.41) is -0.734. The van der Waals surface area contributed by atoms with E-state index in [4.69, 9.17) is 37.4 Å². The number of ether oxygens (including phenoxy) is 3. The number of sulfonamides is 1. The van der Waals surface area contributed by atoms with Gasteiger partial charge in [0.25, 0.3) is 5.91 Å². The fraction of sp³-hybridized carbons (Fsp3) is 0.406. The molecule has 1 aliphatic carbocycles. The number of nitrogens with one attached hydrogen (secondary N) is 1. The minimum atomic E-state index is -4.24. The van der Waals surface area contributed by atoms with Crippen LogP contribution in [0.3, 0.4) is 0 Å². The normalized spacial score (nSPS) is 17.8. The number of rotatable bonds is 12. The minimum Gasteiger partial charge on any atom is -0.487 e. The molecule has 258 valence electrons. The number of alkyl halides is 2. The van der Waals surface area contributed by atoms with Crippen LogP contribution in [0.2, 0.25) is 10.0 Å². The number of esters is 1. The van der Waals surface area contributed by atoms with Crippen molar-refractivity contribution in [3.05, 3.63) is 81.6 Å². The van der Waals surface area contributed by atoms with Gasteiger partial charge in [0.15, 0.2) is 29.3 Å². The van der Waals surface area contributed by atoms with Crippen molar-refractivity contribution >= 4 is 56.9 Å². The number of H-pyrrole nitrogens is 1. The zero-order valence-corrected chi connectivity index (χ0v) is 29.2. The summed E-state index contributed by atoms with van der Waals surface area (Å²) in [5.74, 6) is -1.03. The molecule has 48 heavy (non-hydrogen) atoms. The summed E-state index contributed by atoms with van der Waals surface area (Å²) in [7, 11) is -1.13. The Kier molecular flexibility index (Phi) is 11.7. The lowest BCUT2D eigenvalue weighted by atomic mass is 10.0. The second-order valence-electron chi connectivity index (χ2n) is 11.4. The summed E-state index contributed by atoms with van der Waals surface area (Å²) >= 11 is 14.0. The van der Waals surface area contributed by atoms with Crippen LogP contribution in [0, 0.1) is 0 Å². The molecule has 1 aliphatic heterocycles. The van der Waals surface area contributed by atoms with E-state index in [1.807, 2.05) is 0 Å². The van der Waals surface area contributed by atoms with E-state index in [1.54, 1.807) is 14.1 Å². The van der Waals surface area contributed by atoms with Gasteiger partial charge in [-0.2, -0.15) is 13.1 Å². The highest BCUT2D eigenvalue weighted by Crippen LogP contribution is 2.39. The van der Waals surface area contributed by atoms with Crippen LogP contribution in [0.4, 0.5) is 8.78 Å². The highest BCUT2D eigenvalue weighted by molar-refractivity contribution is 8.02. The number of carbonyl (C=O) groups excluding carboxylic acids is 2. The van der Waals surface area contributed by atoms with Crippen LogP contribution in [0.1, 0.15) is 53.3 Å². The molecule has 2 atom stereocenters. The Bertz CT molecular complexity index is 1740. The molecular formula is C32H34Cl2F2N3O7S2+. The number of pyridine rings is 1. The Labute approximate surface area is 291 Å². The van der Waals surface area contributed by atoms with E-state index in [0.29, 0.717) is 16.9 Å². The van der Waals surface area contributed by atoms with Crippen LogP contribution < -0.4 is 14.5 Å². The van der Waals surface area contributed by atoms with E-state index in [-0.39, 0.29) is 57.0 Å². The van der Waals surface area contributed by atoms with E-state index in [2.05, 4.69) is 4.98 Å². The fourth-order valence-corrected chi connectivity index (χ4v) is 9.17. The molecule has 16 heteroatoms. The lowest BCUT2D eigenvalue weighted by Crippen LogP contribution is -2.40. The van der Waals surface area contributed by atoms with E-state index >= 15 is 0 Å². The maximum Gasteiger partial charge on any atom is 0.387 e. The van der Waals surface area contributed by atoms with Crippen molar-refractivity contribution in [1.82, 2.24) is 9.21 Å². The summed E-state index contributed by atoms with van der Waals surface area (Å²) in [6.45, 7) is -3.07. The van der Waals surface area contributed by atoms with Gasteiger partial charge in [-0.15, -0.1) is 11.8 Å². The molecular weight excluding hydrogens is 711 g/mol. The molecule has 0 spiro atoms. The van der Waals surface area contributed by atoms with Crippen molar-refractivity contribution in [3.63, 3.8) is 0 Å². The van der Waals surface area contributed by atoms with Crippen LogP contribution >= 0.6 is 35.0 Å². The molecule has 2 aliphatic rings. The standard InChI is InChI=1S/C32H33Cl2F2N3O7S2/c1-38(2)29(40)20-6-5-9-22(14-20)48(42,43)39-12-13-47-30(39)31(41)45-27(16-23-24(33)17-37-18-25(23)34)19-10-11-26(46-32(35)36)28(15-19)44-21-7-3-4-8-21/h5-6,9-11,14-15,17-18,21,27,30,32H,3-4,7-8,12-13,16H2,1-2H3/p+1/t27-,30-/m0/s1. The Morgan fingerprint density at radius 3 is 2.44 bits per heavy atom. The summed E-state index contributed by atoms with van der Waals surface area (Å²) < 4.78 is 72.1. The van der Waals surface area contributed by atoms with Crippen LogP contribution in [0.15, 0.2) is 59.8 Å². The van der Waals surface area contributed by atoms with Crippen LogP contribution in [0.5, 0.6) is 11.5 Å². The van der Waals surface area contributed by atoms with Gasteiger partial charge < -0.3 is 19.1 Å². The van der Waals surface area contributed by atoms with Crippen molar-refractivity contribution in [2.45, 2.75) is 61.2 Å². The second-order valence-corrected chi connectivity index (χ2v) is 15.3. The Morgan fingerprint density at radius 1 is 1.06 bits per heavy atom. The molecule has 3 aromatic rings. The van der Waals surface area contributed by atoms with Crippen molar-refractivity contribution < 1.29 is 46.0 Å². The number of hydrogen-bond acceptors (Lipinski definition) is 8. The third-order valence-corrected chi connectivity index (χ3v) is 11.8. The average molecular weight is 746 g/mol. The number of nitrogens with zero attached hydrogens (tertiary/aromatic N) is 2. The van der Waals surface area contributed by atoms with E-state index in [1.165, 1.54) is 59.8 Å². The first-order valence-corrected chi connectivity index (χ1v) is 18.3. The van der Waals surface area contributed by atoms with E-state index < -0.39 is 34.1 Å². The number of thioether (sulfide) groups is 1. The van der Waals surface area contributed by atoms with Gasteiger partial charge in [-0.05, 0) is 61.6 Å². The molecule has 5 rings (SSSR count). The molecule has 10 nitrogen and oxygen atoms in total. The number of halogens is 4.